The second-order valence-corrected chi connectivity index (χ2v) is 6.70. The molecule has 0 atom stereocenters. The van der Waals surface area contributed by atoms with Crippen LogP contribution in [0.2, 0.25) is 5.02 Å². The van der Waals surface area contributed by atoms with Gasteiger partial charge in [0.15, 0.2) is 0 Å². The summed E-state index contributed by atoms with van der Waals surface area (Å²) in [5, 5.41) is 16.0. The first kappa shape index (κ1) is 16.9. The molecule has 1 aromatic carbocycles. The van der Waals surface area contributed by atoms with Gasteiger partial charge in [-0.25, -0.2) is 0 Å². The molecule has 0 saturated heterocycles. The molecule has 7 heteroatoms. The lowest BCUT2D eigenvalue weighted by Crippen LogP contribution is -2.37. The summed E-state index contributed by atoms with van der Waals surface area (Å²) < 4.78 is 0. The predicted molar refractivity (Wildman–Crippen MR) is 92.5 cm³/mol. The van der Waals surface area contributed by atoms with E-state index in [9.17, 15) is 4.79 Å². The average molecular weight is 348 g/mol. The number of hydrogen-bond acceptors (Lipinski definition) is 4. The Morgan fingerprint density at radius 3 is 2.50 bits per heavy atom. The molecule has 1 aliphatic carbocycles. The summed E-state index contributed by atoms with van der Waals surface area (Å²) in [6.45, 7) is 0.0943. The number of tetrazole rings is 1. The van der Waals surface area contributed by atoms with E-state index in [0.29, 0.717) is 10.8 Å². The average Bonchev–Trinajstić information content (AvgIpc) is 2.99. The number of nitrogens with zero attached hydrogens (tertiary/aromatic N) is 4. The molecule has 0 aliphatic heterocycles. The van der Waals surface area contributed by atoms with E-state index < -0.39 is 0 Å². The molecule has 0 unspecified atom stereocenters. The maximum Gasteiger partial charge on any atom is 0.243 e. The maximum atomic E-state index is 12.2. The summed E-state index contributed by atoms with van der Waals surface area (Å²) in [5.41, 5.74) is 0.825. The molecule has 128 valence electrons. The van der Waals surface area contributed by atoms with Gasteiger partial charge in [-0.3, -0.25) is 4.79 Å². The highest BCUT2D eigenvalue weighted by atomic mass is 35.5. The van der Waals surface area contributed by atoms with E-state index in [1.807, 2.05) is 12.1 Å². The lowest BCUT2D eigenvalue weighted by atomic mass is 9.97. The second kappa shape index (κ2) is 8.24. The van der Waals surface area contributed by atoms with E-state index >= 15 is 0 Å². The van der Waals surface area contributed by atoms with Crippen LogP contribution in [0.3, 0.4) is 0 Å². The smallest absolute Gasteiger partial charge is 0.243 e. The predicted octanol–water partition coefficient (Wildman–Crippen LogP) is 3.22. The highest BCUT2D eigenvalue weighted by molar-refractivity contribution is 6.30. The molecule has 1 fully saturated rings. The Kier molecular flexibility index (Phi) is 5.80. The number of carbonyl (C=O) groups excluding carboxylic acids is 1. The molecule has 0 spiro atoms. The zero-order valence-corrected chi connectivity index (χ0v) is 14.4. The molecular formula is C17H22ClN5O. The van der Waals surface area contributed by atoms with Crippen LogP contribution in [0.15, 0.2) is 24.3 Å². The number of carbonyl (C=O) groups is 1. The molecule has 1 amide bonds. The molecule has 1 saturated carbocycles. The number of aromatic nitrogens is 4. The Morgan fingerprint density at radius 1 is 1.12 bits per heavy atom. The van der Waals surface area contributed by atoms with Crippen LogP contribution >= 0.6 is 11.6 Å². The SMILES string of the molecule is O=C(Cn1nnc(-c2ccc(Cl)cc2)n1)NC1CCCCCCC1. The normalized spacial score (nSPS) is 16.4. The van der Waals surface area contributed by atoms with Gasteiger partial charge in [0.1, 0.15) is 6.54 Å². The third kappa shape index (κ3) is 4.77. The van der Waals surface area contributed by atoms with Crippen LogP contribution in [-0.2, 0) is 11.3 Å². The monoisotopic (exact) mass is 347 g/mol. The minimum Gasteiger partial charge on any atom is -0.352 e. The Balaban J connectivity index is 1.55. The van der Waals surface area contributed by atoms with Gasteiger partial charge < -0.3 is 5.32 Å². The zero-order chi connectivity index (χ0) is 16.8. The van der Waals surface area contributed by atoms with E-state index in [4.69, 9.17) is 11.6 Å². The van der Waals surface area contributed by atoms with Crippen molar-refractivity contribution in [3.63, 3.8) is 0 Å². The Morgan fingerprint density at radius 2 is 1.79 bits per heavy atom. The number of hydrogen-bond donors (Lipinski definition) is 1. The molecule has 1 heterocycles. The quantitative estimate of drug-likeness (QED) is 0.921. The number of amides is 1. The van der Waals surface area contributed by atoms with Gasteiger partial charge in [0.2, 0.25) is 11.7 Å². The minimum absolute atomic E-state index is 0.0550. The number of nitrogens with one attached hydrogen (secondary N) is 1. The van der Waals surface area contributed by atoms with Crippen LogP contribution in [0.5, 0.6) is 0 Å². The van der Waals surface area contributed by atoms with E-state index in [1.54, 1.807) is 12.1 Å². The fraction of sp³-hybridized carbons (Fsp3) is 0.529. The van der Waals surface area contributed by atoms with Crippen molar-refractivity contribution in [2.45, 2.75) is 57.5 Å². The first-order valence-electron chi connectivity index (χ1n) is 8.54. The summed E-state index contributed by atoms with van der Waals surface area (Å²) in [6.07, 6.45) is 8.35. The van der Waals surface area contributed by atoms with E-state index in [1.165, 1.54) is 36.9 Å². The molecular weight excluding hydrogens is 326 g/mol. The van der Waals surface area contributed by atoms with Crippen molar-refractivity contribution in [1.29, 1.82) is 0 Å². The third-order valence-corrected chi connectivity index (χ3v) is 4.56. The molecule has 3 rings (SSSR count). The summed E-state index contributed by atoms with van der Waals surface area (Å²) in [5.74, 6) is 0.436. The molecule has 24 heavy (non-hydrogen) atoms. The van der Waals surface area contributed by atoms with Crippen molar-refractivity contribution in [3.05, 3.63) is 29.3 Å². The molecule has 1 aliphatic rings. The van der Waals surface area contributed by atoms with Gasteiger partial charge in [0.25, 0.3) is 0 Å². The van der Waals surface area contributed by atoms with Crippen LogP contribution in [0.25, 0.3) is 11.4 Å². The van der Waals surface area contributed by atoms with E-state index in [2.05, 4.69) is 20.7 Å². The van der Waals surface area contributed by atoms with Crippen LogP contribution in [0.4, 0.5) is 0 Å². The van der Waals surface area contributed by atoms with Crippen molar-refractivity contribution in [2.24, 2.45) is 0 Å². The van der Waals surface area contributed by atoms with Gasteiger partial charge in [-0.1, -0.05) is 43.7 Å². The van der Waals surface area contributed by atoms with Gasteiger partial charge in [0.05, 0.1) is 0 Å². The van der Waals surface area contributed by atoms with Gasteiger partial charge in [-0.05, 0) is 42.3 Å². The first-order valence-corrected chi connectivity index (χ1v) is 8.91. The van der Waals surface area contributed by atoms with Crippen molar-refractivity contribution in [1.82, 2.24) is 25.5 Å². The van der Waals surface area contributed by atoms with Gasteiger partial charge in [-0.15, -0.1) is 10.2 Å². The number of benzene rings is 1. The largest absolute Gasteiger partial charge is 0.352 e. The lowest BCUT2D eigenvalue weighted by molar-refractivity contribution is -0.122. The minimum atomic E-state index is -0.0550. The van der Waals surface area contributed by atoms with Crippen molar-refractivity contribution >= 4 is 17.5 Å². The lowest BCUT2D eigenvalue weighted by Gasteiger charge is -2.20. The standard InChI is InChI=1S/C17H22ClN5O/c18-14-10-8-13(9-11-14)17-20-22-23(21-17)12-16(24)19-15-6-4-2-1-3-5-7-15/h8-11,15H,1-7,12H2,(H,19,24). The molecule has 1 aromatic heterocycles. The zero-order valence-electron chi connectivity index (χ0n) is 13.6. The highest BCUT2D eigenvalue weighted by Gasteiger charge is 2.15. The third-order valence-electron chi connectivity index (χ3n) is 4.31. The van der Waals surface area contributed by atoms with Gasteiger partial charge in [0, 0.05) is 16.6 Å². The highest BCUT2D eigenvalue weighted by Crippen LogP contribution is 2.18. The fourth-order valence-electron chi connectivity index (χ4n) is 3.03. The molecule has 0 bridgehead atoms. The van der Waals surface area contributed by atoms with Crippen molar-refractivity contribution in [3.8, 4) is 11.4 Å². The fourth-order valence-corrected chi connectivity index (χ4v) is 3.15. The van der Waals surface area contributed by atoms with Crippen LogP contribution < -0.4 is 5.32 Å². The van der Waals surface area contributed by atoms with Crippen LogP contribution in [0, 0.1) is 0 Å². The van der Waals surface area contributed by atoms with Gasteiger partial charge >= 0.3 is 0 Å². The van der Waals surface area contributed by atoms with Crippen molar-refractivity contribution in [2.75, 3.05) is 0 Å². The second-order valence-electron chi connectivity index (χ2n) is 6.26. The summed E-state index contributed by atoms with van der Waals surface area (Å²) in [4.78, 5) is 13.5. The number of halogens is 1. The molecule has 0 radical (unpaired) electrons. The van der Waals surface area contributed by atoms with Crippen molar-refractivity contribution < 1.29 is 4.79 Å². The Bertz CT molecular complexity index is 662. The van der Waals surface area contributed by atoms with Crippen LogP contribution in [0.1, 0.15) is 44.9 Å². The summed E-state index contributed by atoms with van der Waals surface area (Å²) in [6, 6.07) is 7.49. The van der Waals surface area contributed by atoms with E-state index in [0.717, 1.165) is 18.4 Å². The molecule has 1 N–H and O–H groups in total. The Labute approximate surface area is 146 Å². The first-order chi connectivity index (χ1) is 11.7. The maximum absolute atomic E-state index is 12.2. The Hall–Kier alpha value is -1.95. The van der Waals surface area contributed by atoms with E-state index in [-0.39, 0.29) is 18.5 Å². The van der Waals surface area contributed by atoms with Crippen LogP contribution in [-0.4, -0.2) is 32.2 Å². The van der Waals surface area contributed by atoms with Gasteiger partial charge in [-0.2, -0.15) is 4.80 Å². The summed E-state index contributed by atoms with van der Waals surface area (Å²) >= 11 is 5.87. The number of rotatable bonds is 4. The molecule has 6 nitrogen and oxygen atoms in total. The molecule has 2 aromatic rings. The topological polar surface area (TPSA) is 72.7 Å². The summed E-state index contributed by atoms with van der Waals surface area (Å²) in [7, 11) is 0.